The number of nitrogens with zero attached hydrogens (tertiary/aromatic N) is 2. The van der Waals surface area contributed by atoms with Crippen molar-refractivity contribution in [3.63, 3.8) is 0 Å². The zero-order chi connectivity index (χ0) is 17.2. The Morgan fingerprint density at radius 3 is 3.08 bits per heavy atom. The molecule has 8 heteroatoms. The molecule has 0 saturated carbocycles. The molecule has 0 spiro atoms. The smallest absolute Gasteiger partial charge is 0.317 e. The summed E-state index contributed by atoms with van der Waals surface area (Å²) in [5.41, 5.74) is 0.572. The van der Waals surface area contributed by atoms with Gasteiger partial charge in [0.2, 0.25) is 0 Å². The van der Waals surface area contributed by atoms with E-state index in [0.29, 0.717) is 25.9 Å². The fourth-order valence-electron chi connectivity index (χ4n) is 2.85. The van der Waals surface area contributed by atoms with Gasteiger partial charge < -0.3 is 30.2 Å². The van der Waals surface area contributed by atoms with Crippen molar-refractivity contribution in [1.29, 1.82) is 0 Å². The molecule has 1 atom stereocenters. The van der Waals surface area contributed by atoms with Crippen molar-refractivity contribution in [2.75, 3.05) is 33.4 Å². The molecule has 0 aliphatic carbocycles. The molecular weight excluding hydrogens is 312 g/mol. The van der Waals surface area contributed by atoms with Crippen LogP contribution in [-0.2, 0) is 6.42 Å². The standard InChI is InChI=1S/C16H22N4O4/c1-24-11-2-3-12-13(8-11)19-14(18-12)4-6-17-15(22)20-7-5-16(23,9-20)10-21/h2-3,8,21,23H,4-7,9-10H2,1H3,(H,17,22)(H,18,19)/t16-/m1/s1. The highest BCUT2D eigenvalue weighted by Crippen LogP contribution is 2.20. The van der Waals surface area contributed by atoms with Gasteiger partial charge in [0.1, 0.15) is 17.2 Å². The molecule has 0 bridgehead atoms. The molecule has 1 aromatic heterocycles. The van der Waals surface area contributed by atoms with E-state index in [9.17, 15) is 9.90 Å². The Labute approximate surface area is 139 Å². The molecule has 8 nitrogen and oxygen atoms in total. The molecule has 2 heterocycles. The van der Waals surface area contributed by atoms with Crippen LogP contribution in [0.3, 0.4) is 0 Å². The first-order valence-corrected chi connectivity index (χ1v) is 7.92. The molecule has 130 valence electrons. The first kappa shape index (κ1) is 16.5. The Hall–Kier alpha value is -2.32. The van der Waals surface area contributed by atoms with Crippen LogP contribution in [0.2, 0.25) is 0 Å². The van der Waals surface area contributed by atoms with Crippen LogP contribution in [0.15, 0.2) is 18.2 Å². The number of carbonyl (C=O) groups excluding carboxylic acids is 1. The number of amides is 2. The van der Waals surface area contributed by atoms with Crippen molar-refractivity contribution in [3.05, 3.63) is 24.0 Å². The molecule has 3 rings (SSSR count). The highest BCUT2D eigenvalue weighted by atomic mass is 16.5. The Morgan fingerprint density at radius 1 is 1.54 bits per heavy atom. The summed E-state index contributed by atoms with van der Waals surface area (Å²) in [6, 6.07) is 5.37. The minimum atomic E-state index is -1.17. The van der Waals surface area contributed by atoms with Crippen molar-refractivity contribution < 1.29 is 19.7 Å². The van der Waals surface area contributed by atoms with E-state index in [1.54, 1.807) is 7.11 Å². The Balaban J connectivity index is 1.52. The summed E-state index contributed by atoms with van der Waals surface area (Å²) in [4.78, 5) is 21.3. The van der Waals surface area contributed by atoms with Crippen LogP contribution in [0.25, 0.3) is 11.0 Å². The number of carbonyl (C=O) groups is 1. The molecule has 1 fully saturated rings. The van der Waals surface area contributed by atoms with Gasteiger partial charge in [-0.3, -0.25) is 0 Å². The largest absolute Gasteiger partial charge is 0.497 e. The maximum Gasteiger partial charge on any atom is 0.317 e. The van der Waals surface area contributed by atoms with Crippen LogP contribution in [0.1, 0.15) is 12.2 Å². The fraction of sp³-hybridized carbons (Fsp3) is 0.500. The lowest BCUT2D eigenvalue weighted by Gasteiger charge is -2.21. The van der Waals surface area contributed by atoms with Crippen LogP contribution in [0, 0.1) is 0 Å². The number of β-amino-alcohol motifs (C(OH)–C–C–N with tert-alkyl or cyclic N) is 1. The number of aromatic amines is 1. The van der Waals surface area contributed by atoms with Gasteiger partial charge >= 0.3 is 6.03 Å². The maximum atomic E-state index is 12.1. The van der Waals surface area contributed by atoms with Gasteiger partial charge in [-0.25, -0.2) is 9.78 Å². The minimum Gasteiger partial charge on any atom is -0.497 e. The van der Waals surface area contributed by atoms with Gasteiger partial charge in [-0.05, 0) is 18.6 Å². The van der Waals surface area contributed by atoms with Gasteiger partial charge in [0, 0.05) is 25.6 Å². The number of urea groups is 1. The zero-order valence-corrected chi connectivity index (χ0v) is 13.6. The Bertz CT molecular complexity index is 732. The first-order valence-electron chi connectivity index (χ1n) is 7.92. The predicted octanol–water partition coefficient (Wildman–Crippen LogP) is 0.253. The molecule has 4 N–H and O–H groups in total. The average Bonchev–Trinajstić information content (AvgIpc) is 3.18. The van der Waals surface area contributed by atoms with Crippen LogP contribution in [0.4, 0.5) is 4.79 Å². The van der Waals surface area contributed by atoms with Crippen LogP contribution >= 0.6 is 0 Å². The number of nitrogens with one attached hydrogen (secondary N) is 2. The first-order chi connectivity index (χ1) is 11.5. The topological polar surface area (TPSA) is 111 Å². The van der Waals surface area contributed by atoms with Crippen LogP contribution in [-0.4, -0.2) is 70.1 Å². The normalized spacial score (nSPS) is 20.5. The minimum absolute atomic E-state index is 0.153. The van der Waals surface area contributed by atoms with E-state index in [-0.39, 0.29) is 19.2 Å². The Kier molecular flexibility index (Phi) is 4.59. The molecule has 2 aromatic rings. The number of aliphatic hydroxyl groups is 2. The summed E-state index contributed by atoms with van der Waals surface area (Å²) in [6.45, 7) is 0.691. The van der Waals surface area contributed by atoms with Gasteiger partial charge in [0.05, 0.1) is 31.3 Å². The summed E-state index contributed by atoms with van der Waals surface area (Å²) < 4.78 is 5.18. The summed E-state index contributed by atoms with van der Waals surface area (Å²) in [6.07, 6.45) is 0.961. The van der Waals surface area contributed by atoms with Gasteiger partial charge in [0.15, 0.2) is 0 Å². The molecule has 2 amide bonds. The third-order valence-corrected chi connectivity index (χ3v) is 4.29. The number of rotatable bonds is 5. The number of aromatic nitrogens is 2. The number of benzene rings is 1. The lowest BCUT2D eigenvalue weighted by atomic mass is 10.1. The summed E-state index contributed by atoms with van der Waals surface area (Å²) in [5, 5.41) is 21.9. The number of methoxy groups -OCH3 is 1. The number of H-pyrrole nitrogens is 1. The second-order valence-electron chi connectivity index (χ2n) is 6.10. The molecule has 24 heavy (non-hydrogen) atoms. The zero-order valence-electron chi connectivity index (χ0n) is 13.6. The van der Waals surface area contributed by atoms with Crippen molar-refractivity contribution in [3.8, 4) is 5.75 Å². The predicted molar refractivity (Wildman–Crippen MR) is 88.0 cm³/mol. The molecule has 0 radical (unpaired) electrons. The van der Waals surface area contributed by atoms with E-state index in [1.165, 1.54) is 4.90 Å². The van der Waals surface area contributed by atoms with E-state index < -0.39 is 5.60 Å². The second-order valence-corrected chi connectivity index (χ2v) is 6.10. The number of aliphatic hydroxyl groups excluding tert-OH is 1. The number of imidazole rings is 1. The lowest BCUT2D eigenvalue weighted by Crippen LogP contribution is -2.43. The van der Waals surface area contributed by atoms with Gasteiger partial charge in [0.25, 0.3) is 0 Å². The lowest BCUT2D eigenvalue weighted by molar-refractivity contribution is -0.00279. The summed E-state index contributed by atoms with van der Waals surface area (Å²) in [7, 11) is 1.62. The summed E-state index contributed by atoms with van der Waals surface area (Å²) in [5.74, 6) is 1.54. The van der Waals surface area contributed by atoms with Crippen LogP contribution in [0.5, 0.6) is 5.75 Å². The van der Waals surface area contributed by atoms with E-state index in [2.05, 4.69) is 15.3 Å². The SMILES string of the molecule is COc1ccc2nc(CCNC(=O)N3CC[C@](O)(CO)C3)[nH]c2c1. The second kappa shape index (κ2) is 6.66. The highest BCUT2D eigenvalue weighted by Gasteiger charge is 2.37. The van der Waals surface area contributed by atoms with Crippen molar-refractivity contribution in [2.45, 2.75) is 18.4 Å². The van der Waals surface area contributed by atoms with E-state index >= 15 is 0 Å². The fourth-order valence-corrected chi connectivity index (χ4v) is 2.85. The molecule has 1 aliphatic rings. The molecule has 1 saturated heterocycles. The van der Waals surface area contributed by atoms with Crippen LogP contribution < -0.4 is 10.1 Å². The maximum absolute atomic E-state index is 12.1. The van der Waals surface area contributed by atoms with Gasteiger partial charge in [-0.2, -0.15) is 0 Å². The highest BCUT2D eigenvalue weighted by molar-refractivity contribution is 5.77. The quantitative estimate of drug-likeness (QED) is 0.626. The van der Waals surface area contributed by atoms with Gasteiger partial charge in [-0.1, -0.05) is 0 Å². The monoisotopic (exact) mass is 334 g/mol. The van der Waals surface area contributed by atoms with Gasteiger partial charge in [-0.15, -0.1) is 0 Å². The third kappa shape index (κ3) is 3.44. The number of likely N-dealkylation sites (tertiary alicyclic amines) is 1. The van der Waals surface area contributed by atoms with Crippen molar-refractivity contribution in [2.24, 2.45) is 0 Å². The van der Waals surface area contributed by atoms with Crippen molar-refractivity contribution >= 4 is 17.1 Å². The molecule has 1 aliphatic heterocycles. The van der Waals surface area contributed by atoms with E-state index in [4.69, 9.17) is 9.84 Å². The van der Waals surface area contributed by atoms with E-state index in [0.717, 1.165) is 22.6 Å². The molecule has 0 unspecified atom stereocenters. The number of ether oxygens (including phenoxy) is 1. The number of fused-ring (bicyclic) bond motifs is 1. The number of hydrogen-bond donors (Lipinski definition) is 4. The Morgan fingerprint density at radius 2 is 2.38 bits per heavy atom. The number of hydrogen-bond acceptors (Lipinski definition) is 5. The van der Waals surface area contributed by atoms with E-state index in [1.807, 2.05) is 18.2 Å². The molecular formula is C16H22N4O4. The molecule has 1 aromatic carbocycles. The van der Waals surface area contributed by atoms with Crippen molar-refractivity contribution in [1.82, 2.24) is 20.2 Å². The average molecular weight is 334 g/mol. The third-order valence-electron chi connectivity index (χ3n) is 4.29. The summed E-state index contributed by atoms with van der Waals surface area (Å²) >= 11 is 0.